The van der Waals surface area contributed by atoms with Gasteiger partial charge < -0.3 is 29.9 Å². The Balaban J connectivity index is 1.46. The predicted octanol–water partition coefficient (Wildman–Crippen LogP) is 3.96. The zero-order valence-electron chi connectivity index (χ0n) is 18.3. The molecular weight excluding hydrogens is 414 g/mol. The molecule has 3 aromatic rings. The molecule has 32 heavy (non-hydrogen) atoms. The van der Waals surface area contributed by atoms with E-state index in [4.69, 9.17) is 14.0 Å². The lowest BCUT2D eigenvalue weighted by Crippen LogP contribution is -2.20. The van der Waals surface area contributed by atoms with E-state index in [-0.39, 0.29) is 5.41 Å². The minimum absolute atomic E-state index is 0.205. The Kier molecular flexibility index (Phi) is 5.71. The Morgan fingerprint density at radius 3 is 2.78 bits per heavy atom. The van der Waals surface area contributed by atoms with Gasteiger partial charge in [-0.2, -0.15) is 0 Å². The maximum atomic E-state index is 12.4. The number of carbonyl (C=O) groups excluding carboxylic acids is 1. The number of ether oxygens (including phenoxy) is 2. The molecule has 2 amide bonds. The van der Waals surface area contributed by atoms with Crippen LogP contribution in [0.5, 0.6) is 11.5 Å². The maximum Gasteiger partial charge on any atom is 0.324 e. The number of urea groups is 1. The van der Waals surface area contributed by atoms with Crippen LogP contribution < -0.4 is 30.7 Å². The molecule has 0 aliphatic carbocycles. The Hall–Kier alpha value is -4.02. The van der Waals surface area contributed by atoms with Crippen LogP contribution in [0, 0.1) is 0 Å². The average molecular weight is 439 g/mol. The third-order valence-corrected chi connectivity index (χ3v) is 4.65. The monoisotopic (exact) mass is 439 g/mol. The molecule has 0 fully saturated rings. The third kappa shape index (κ3) is 4.66. The molecule has 0 saturated heterocycles. The molecule has 0 radical (unpaired) electrons. The first-order chi connectivity index (χ1) is 15.3. The van der Waals surface area contributed by atoms with E-state index in [1.807, 2.05) is 20.8 Å². The van der Waals surface area contributed by atoms with Crippen molar-refractivity contribution in [1.82, 2.24) is 15.1 Å². The number of anilines is 5. The number of amides is 2. The topological polar surface area (TPSA) is 135 Å². The van der Waals surface area contributed by atoms with Gasteiger partial charge in [-0.05, 0) is 12.1 Å². The minimum atomic E-state index is -0.453. The zero-order chi connectivity index (χ0) is 22.7. The molecule has 0 bridgehead atoms. The van der Waals surface area contributed by atoms with E-state index < -0.39 is 6.03 Å². The molecule has 11 heteroatoms. The summed E-state index contributed by atoms with van der Waals surface area (Å²) in [4.78, 5) is 20.8. The molecule has 3 heterocycles. The van der Waals surface area contributed by atoms with Crippen molar-refractivity contribution in [2.45, 2.75) is 26.2 Å². The van der Waals surface area contributed by atoms with Gasteiger partial charge in [0.15, 0.2) is 17.5 Å². The van der Waals surface area contributed by atoms with E-state index in [1.165, 1.54) is 6.33 Å². The number of rotatable bonds is 5. The molecule has 1 aromatic carbocycles. The van der Waals surface area contributed by atoms with Crippen LogP contribution in [0.25, 0.3) is 0 Å². The molecule has 4 N–H and O–H groups in total. The highest BCUT2D eigenvalue weighted by Crippen LogP contribution is 2.36. The summed E-state index contributed by atoms with van der Waals surface area (Å²) in [6.45, 7) is 7.20. The van der Waals surface area contributed by atoms with Gasteiger partial charge in [0.1, 0.15) is 24.4 Å². The van der Waals surface area contributed by atoms with Crippen LogP contribution in [0.4, 0.5) is 33.6 Å². The van der Waals surface area contributed by atoms with Crippen molar-refractivity contribution in [1.29, 1.82) is 0 Å². The van der Waals surface area contributed by atoms with E-state index >= 15 is 0 Å². The number of carbonyl (C=O) groups is 1. The normalized spacial score (nSPS) is 12.8. The van der Waals surface area contributed by atoms with Crippen LogP contribution in [-0.2, 0) is 5.41 Å². The highest BCUT2D eigenvalue weighted by Gasteiger charge is 2.21. The zero-order valence-corrected chi connectivity index (χ0v) is 18.3. The van der Waals surface area contributed by atoms with Crippen LogP contribution in [0.3, 0.4) is 0 Å². The SMILES string of the molecule is COc1cc(NC(=O)Nc2cc(C(C)(C)C)on2)ccc1Nc1ncnc2c1OCCN2. The van der Waals surface area contributed by atoms with Crippen LogP contribution in [0.2, 0.25) is 0 Å². The minimum Gasteiger partial charge on any atom is -0.494 e. The first kappa shape index (κ1) is 21.2. The Morgan fingerprint density at radius 1 is 1.19 bits per heavy atom. The number of nitrogens with zero attached hydrogens (tertiary/aromatic N) is 3. The van der Waals surface area contributed by atoms with Gasteiger partial charge in [-0.1, -0.05) is 25.9 Å². The lowest BCUT2D eigenvalue weighted by Gasteiger charge is -2.21. The second-order valence-electron chi connectivity index (χ2n) is 8.12. The largest absolute Gasteiger partial charge is 0.494 e. The number of methoxy groups -OCH3 is 1. The van der Waals surface area contributed by atoms with Gasteiger partial charge in [0.25, 0.3) is 0 Å². The first-order valence-electron chi connectivity index (χ1n) is 10.1. The van der Waals surface area contributed by atoms with Crippen molar-refractivity contribution in [3.05, 3.63) is 36.4 Å². The molecule has 0 atom stereocenters. The van der Waals surface area contributed by atoms with Gasteiger partial charge >= 0.3 is 6.03 Å². The fourth-order valence-corrected chi connectivity index (χ4v) is 3.01. The van der Waals surface area contributed by atoms with Crippen LogP contribution in [0.1, 0.15) is 26.5 Å². The van der Waals surface area contributed by atoms with Crippen LogP contribution in [0.15, 0.2) is 35.1 Å². The van der Waals surface area contributed by atoms with Crippen molar-refractivity contribution in [2.75, 3.05) is 41.5 Å². The summed E-state index contributed by atoms with van der Waals surface area (Å²) in [5.41, 5.74) is 0.982. The van der Waals surface area contributed by atoms with E-state index in [0.29, 0.717) is 59.2 Å². The number of aromatic nitrogens is 3. The van der Waals surface area contributed by atoms with Gasteiger partial charge in [-0.25, -0.2) is 14.8 Å². The predicted molar refractivity (Wildman–Crippen MR) is 120 cm³/mol. The molecule has 168 valence electrons. The molecule has 11 nitrogen and oxygen atoms in total. The fraction of sp³-hybridized carbons (Fsp3) is 0.333. The summed E-state index contributed by atoms with van der Waals surface area (Å²) in [5, 5.41) is 15.7. The summed E-state index contributed by atoms with van der Waals surface area (Å²) < 4.78 is 16.5. The van der Waals surface area contributed by atoms with Crippen molar-refractivity contribution in [2.24, 2.45) is 0 Å². The van der Waals surface area contributed by atoms with Crippen LogP contribution >= 0.6 is 0 Å². The van der Waals surface area contributed by atoms with E-state index in [0.717, 1.165) is 0 Å². The number of fused-ring (bicyclic) bond motifs is 1. The van der Waals surface area contributed by atoms with Gasteiger partial charge in [-0.3, -0.25) is 5.32 Å². The first-order valence-corrected chi connectivity index (χ1v) is 10.1. The Morgan fingerprint density at radius 2 is 2.03 bits per heavy atom. The molecule has 0 saturated carbocycles. The highest BCUT2D eigenvalue weighted by molar-refractivity contribution is 5.99. The van der Waals surface area contributed by atoms with E-state index in [2.05, 4.69) is 36.4 Å². The standard InChI is InChI=1S/C21H25N7O4/c1-21(2,3)15-10-16(28-32-15)27-20(29)25-12-5-6-13(14(9-12)30-4)26-19-17-18(23-11-24-19)22-7-8-31-17/h5-6,9-11H,7-8H2,1-4H3,(H2,22,23,24,26)(H2,25,27,28,29). The molecule has 0 spiro atoms. The number of benzene rings is 1. The lowest BCUT2D eigenvalue weighted by atomic mass is 9.93. The summed E-state index contributed by atoms with van der Waals surface area (Å²) >= 11 is 0. The third-order valence-electron chi connectivity index (χ3n) is 4.65. The number of hydrogen-bond donors (Lipinski definition) is 4. The van der Waals surface area contributed by atoms with Gasteiger partial charge in [-0.15, -0.1) is 0 Å². The smallest absolute Gasteiger partial charge is 0.324 e. The average Bonchev–Trinajstić information content (AvgIpc) is 3.24. The summed E-state index contributed by atoms with van der Waals surface area (Å²) in [6, 6.07) is 6.45. The second-order valence-corrected chi connectivity index (χ2v) is 8.12. The van der Waals surface area contributed by atoms with Gasteiger partial charge in [0, 0.05) is 23.2 Å². The van der Waals surface area contributed by atoms with E-state index in [9.17, 15) is 4.79 Å². The van der Waals surface area contributed by atoms with Crippen molar-refractivity contribution < 1.29 is 18.8 Å². The van der Waals surface area contributed by atoms with Gasteiger partial charge in [0.2, 0.25) is 5.75 Å². The molecule has 1 aliphatic heterocycles. The van der Waals surface area contributed by atoms with Crippen molar-refractivity contribution in [3.8, 4) is 11.5 Å². The van der Waals surface area contributed by atoms with E-state index in [1.54, 1.807) is 31.4 Å². The Labute approximate surface area is 184 Å². The van der Waals surface area contributed by atoms with Crippen molar-refractivity contribution in [3.63, 3.8) is 0 Å². The highest BCUT2D eigenvalue weighted by atomic mass is 16.5. The molecule has 2 aromatic heterocycles. The lowest BCUT2D eigenvalue weighted by molar-refractivity contribution is 0.262. The Bertz CT molecular complexity index is 1120. The molecule has 4 rings (SSSR count). The molecule has 0 unspecified atom stereocenters. The summed E-state index contributed by atoms with van der Waals surface area (Å²) in [5.74, 6) is 3.21. The maximum absolute atomic E-state index is 12.4. The number of hydrogen-bond acceptors (Lipinski definition) is 9. The number of nitrogens with one attached hydrogen (secondary N) is 4. The van der Waals surface area contributed by atoms with Crippen LogP contribution in [-0.4, -0.2) is 41.4 Å². The second kappa shape index (κ2) is 8.61. The quantitative estimate of drug-likeness (QED) is 0.466. The summed E-state index contributed by atoms with van der Waals surface area (Å²) in [6.07, 6.45) is 1.45. The fourth-order valence-electron chi connectivity index (χ4n) is 3.01. The summed E-state index contributed by atoms with van der Waals surface area (Å²) in [7, 11) is 1.54. The van der Waals surface area contributed by atoms with Crippen molar-refractivity contribution >= 4 is 34.9 Å². The molecule has 1 aliphatic rings. The van der Waals surface area contributed by atoms with Gasteiger partial charge in [0.05, 0.1) is 19.3 Å². The molecular formula is C21H25N7O4.